The molecule has 0 aliphatic rings. The van der Waals surface area contributed by atoms with E-state index in [1.54, 1.807) is 39.8 Å². The van der Waals surface area contributed by atoms with Gasteiger partial charge in [0.1, 0.15) is 11.4 Å². The topological polar surface area (TPSA) is 55.4 Å². The summed E-state index contributed by atoms with van der Waals surface area (Å²) in [5.41, 5.74) is 0.501. The monoisotopic (exact) mass is 267 g/mol. The summed E-state index contributed by atoms with van der Waals surface area (Å²) in [6.45, 7) is 6.83. The number of aryl methyl sites for hydroxylation is 1. The number of carbonyl (C=O) groups excluding carboxylic acids is 2. The molecular formula is C14H18FNO3. The van der Waals surface area contributed by atoms with Crippen LogP contribution in [0.5, 0.6) is 0 Å². The minimum absolute atomic E-state index is 0.152. The quantitative estimate of drug-likeness (QED) is 0.659. The third-order valence-corrected chi connectivity index (χ3v) is 2.26. The summed E-state index contributed by atoms with van der Waals surface area (Å²) < 4.78 is 18.0. The number of hydrogen-bond donors (Lipinski definition) is 1. The van der Waals surface area contributed by atoms with Crippen molar-refractivity contribution >= 4 is 11.9 Å². The summed E-state index contributed by atoms with van der Waals surface area (Å²) in [5.74, 6) is -2.04. The highest BCUT2D eigenvalue weighted by Crippen LogP contribution is 2.09. The van der Waals surface area contributed by atoms with Crippen LogP contribution in [0, 0.1) is 12.7 Å². The van der Waals surface area contributed by atoms with Gasteiger partial charge in [-0.2, -0.15) is 0 Å². The molecule has 4 nitrogen and oxygen atoms in total. The molecule has 104 valence electrons. The molecule has 0 saturated heterocycles. The number of amides is 1. The lowest BCUT2D eigenvalue weighted by Crippen LogP contribution is -2.36. The van der Waals surface area contributed by atoms with Crippen LogP contribution in [-0.2, 0) is 20.9 Å². The van der Waals surface area contributed by atoms with Gasteiger partial charge in [0.2, 0.25) is 0 Å². The van der Waals surface area contributed by atoms with Crippen molar-refractivity contribution in [2.24, 2.45) is 0 Å². The summed E-state index contributed by atoms with van der Waals surface area (Å²) in [7, 11) is 0. The van der Waals surface area contributed by atoms with Gasteiger partial charge < -0.3 is 10.1 Å². The summed E-state index contributed by atoms with van der Waals surface area (Å²) >= 11 is 0. The molecule has 1 rings (SSSR count). The van der Waals surface area contributed by atoms with Gasteiger partial charge in [0.15, 0.2) is 0 Å². The van der Waals surface area contributed by atoms with Crippen LogP contribution in [0.1, 0.15) is 31.9 Å². The number of carbonyl (C=O) groups is 2. The van der Waals surface area contributed by atoms with Gasteiger partial charge in [-0.05, 0) is 44.9 Å². The lowest BCUT2D eigenvalue weighted by Gasteiger charge is -2.18. The summed E-state index contributed by atoms with van der Waals surface area (Å²) in [6, 6.07) is 4.49. The number of hydrogen-bond acceptors (Lipinski definition) is 3. The van der Waals surface area contributed by atoms with Gasteiger partial charge in [-0.1, -0.05) is 12.1 Å². The smallest absolute Gasteiger partial charge is 0.397 e. The zero-order valence-corrected chi connectivity index (χ0v) is 11.5. The van der Waals surface area contributed by atoms with E-state index < -0.39 is 17.5 Å². The Labute approximate surface area is 112 Å². The highest BCUT2D eigenvalue weighted by molar-refractivity contribution is 6.32. The fourth-order valence-electron chi connectivity index (χ4n) is 1.40. The van der Waals surface area contributed by atoms with E-state index in [1.807, 2.05) is 0 Å². The molecule has 0 unspecified atom stereocenters. The van der Waals surface area contributed by atoms with Gasteiger partial charge in [0.05, 0.1) is 0 Å². The van der Waals surface area contributed by atoms with Crippen molar-refractivity contribution in [3.63, 3.8) is 0 Å². The minimum Gasteiger partial charge on any atom is -0.453 e. The average molecular weight is 267 g/mol. The van der Waals surface area contributed by atoms with Crippen LogP contribution in [0.2, 0.25) is 0 Å². The summed E-state index contributed by atoms with van der Waals surface area (Å²) in [4.78, 5) is 22.9. The van der Waals surface area contributed by atoms with Crippen LogP contribution in [-0.4, -0.2) is 17.5 Å². The molecule has 0 aliphatic carbocycles. The van der Waals surface area contributed by atoms with Crippen LogP contribution < -0.4 is 5.32 Å². The zero-order valence-electron chi connectivity index (χ0n) is 11.5. The first-order valence-electron chi connectivity index (χ1n) is 5.95. The molecule has 0 bridgehead atoms. The summed E-state index contributed by atoms with van der Waals surface area (Å²) in [6.07, 6.45) is 0. The fraction of sp³-hybridized carbons (Fsp3) is 0.429. The Morgan fingerprint density at radius 3 is 2.47 bits per heavy atom. The van der Waals surface area contributed by atoms with Crippen LogP contribution in [0.4, 0.5) is 4.39 Å². The Hall–Kier alpha value is -1.91. The molecule has 0 aromatic heterocycles. The van der Waals surface area contributed by atoms with Crippen LogP contribution >= 0.6 is 0 Å². The van der Waals surface area contributed by atoms with Gasteiger partial charge in [0.25, 0.3) is 0 Å². The Balaban J connectivity index is 2.54. The molecule has 0 spiro atoms. The maximum atomic E-state index is 13.1. The molecule has 1 aromatic carbocycles. The van der Waals surface area contributed by atoms with Crippen molar-refractivity contribution in [3.8, 4) is 0 Å². The predicted molar refractivity (Wildman–Crippen MR) is 68.8 cm³/mol. The molecule has 5 heteroatoms. The largest absolute Gasteiger partial charge is 0.453 e. The highest BCUT2D eigenvalue weighted by atomic mass is 19.1. The van der Waals surface area contributed by atoms with Crippen molar-refractivity contribution in [2.45, 2.75) is 39.8 Å². The van der Waals surface area contributed by atoms with E-state index in [0.29, 0.717) is 5.56 Å². The molecule has 0 heterocycles. The molecular weight excluding hydrogens is 249 g/mol. The van der Waals surface area contributed by atoms with E-state index >= 15 is 0 Å². The van der Waals surface area contributed by atoms with E-state index in [1.165, 1.54) is 6.07 Å². The number of esters is 1. The van der Waals surface area contributed by atoms with Gasteiger partial charge in [-0.25, -0.2) is 9.18 Å². The van der Waals surface area contributed by atoms with Crippen LogP contribution in [0.3, 0.4) is 0 Å². The SMILES string of the molecule is Cc1cc(CNC(=O)C(=O)OC(C)(C)C)ccc1F. The second kappa shape index (κ2) is 5.82. The molecule has 0 saturated carbocycles. The van der Waals surface area contributed by atoms with Gasteiger partial charge >= 0.3 is 11.9 Å². The Bertz CT molecular complexity index is 492. The molecule has 0 aliphatic heterocycles. The highest BCUT2D eigenvalue weighted by Gasteiger charge is 2.22. The lowest BCUT2D eigenvalue weighted by atomic mass is 10.1. The molecule has 0 fully saturated rings. The average Bonchev–Trinajstić information content (AvgIpc) is 2.28. The lowest BCUT2D eigenvalue weighted by molar-refractivity contribution is -0.163. The van der Waals surface area contributed by atoms with Crippen molar-refractivity contribution in [2.75, 3.05) is 0 Å². The molecule has 1 amide bonds. The third kappa shape index (κ3) is 5.07. The van der Waals surface area contributed by atoms with Crippen molar-refractivity contribution in [1.82, 2.24) is 5.32 Å². The fourth-order valence-corrected chi connectivity index (χ4v) is 1.40. The second-order valence-electron chi connectivity index (χ2n) is 5.27. The van der Waals surface area contributed by atoms with E-state index in [9.17, 15) is 14.0 Å². The second-order valence-corrected chi connectivity index (χ2v) is 5.27. The zero-order chi connectivity index (χ0) is 14.6. The number of benzene rings is 1. The van der Waals surface area contributed by atoms with E-state index in [-0.39, 0.29) is 12.4 Å². The molecule has 1 N–H and O–H groups in total. The van der Waals surface area contributed by atoms with E-state index in [2.05, 4.69) is 5.32 Å². The predicted octanol–water partition coefficient (Wildman–Crippen LogP) is 2.09. The molecule has 19 heavy (non-hydrogen) atoms. The Morgan fingerprint density at radius 1 is 1.32 bits per heavy atom. The van der Waals surface area contributed by atoms with E-state index in [0.717, 1.165) is 5.56 Å². The standard InChI is InChI=1S/C14H18FNO3/c1-9-7-10(5-6-11(9)15)8-16-12(17)13(18)19-14(2,3)4/h5-7H,8H2,1-4H3,(H,16,17). The normalized spacial score (nSPS) is 11.0. The molecule has 0 radical (unpaired) electrons. The molecule has 1 aromatic rings. The van der Waals surface area contributed by atoms with Crippen molar-refractivity contribution < 1.29 is 18.7 Å². The molecule has 0 atom stereocenters. The maximum absolute atomic E-state index is 13.1. The Kier molecular flexibility index (Phi) is 4.64. The van der Waals surface area contributed by atoms with Crippen molar-refractivity contribution in [1.29, 1.82) is 0 Å². The number of nitrogens with one attached hydrogen (secondary N) is 1. The maximum Gasteiger partial charge on any atom is 0.397 e. The van der Waals surface area contributed by atoms with Crippen LogP contribution in [0.15, 0.2) is 18.2 Å². The first-order chi connectivity index (χ1) is 8.69. The summed E-state index contributed by atoms with van der Waals surface area (Å²) in [5, 5.41) is 2.43. The van der Waals surface area contributed by atoms with Gasteiger partial charge in [-0.15, -0.1) is 0 Å². The number of ether oxygens (including phenoxy) is 1. The number of halogens is 1. The number of rotatable bonds is 2. The van der Waals surface area contributed by atoms with Gasteiger partial charge in [0, 0.05) is 6.54 Å². The first-order valence-corrected chi connectivity index (χ1v) is 5.95. The van der Waals surface area contributed by atoms with Crippen molar-refractivity contribution in [3.05, 3.63) is 35.1 Å². The Morgan fingerprint density at radius 2 is 1.95 bits per heavy atom. The van der Waals surface area contributed by atoms with Crippen LogP contribution in [0.25, 0.3) is 0 Å². The first kappa shape index (κ1) is 15.1. The van der Waals surface area contributed by atoms with E-state index in [4.69, 9.17) is 4.74 Å². The van der Waals surface area contributed by atoms with Gasteiger partial charge in [-0.3, -0.25) is 4.79 Å². The minimum atomic E-state index is -0.925. The third-order valence-electron chi connectivity index (χ3n) is 2.26.